The third kappa shape index (κ3) is 4.53. The van der Waals surface area contributed by atoms with Crippen LogP contribution in [0.5, 0.6) is 0 Å². The summed E-state index contributed by atoms with van der Waals surface area (Å²) in [7, 11) is -4.23. The van der Waals surface area contributed by atoms with Gasteiger partial charge < -0.3 is 4.57 Å². The molecule has 5 rings (SSSR count). The van der Waals surface area contributed by atoms with Crippen molar-refractivity contribution in [2.24, 2.45) is 0 Å². The second-order valence-corrected chi connectivity index (χ2v) is 9.95. The average molecular weight is 491 g/mol. The summed E-state index contributed by atoms with van der Waals surface area (Å²) >= 11 is 0. The van der Waals surface area contributed by atoms with Gasteiger partial charge in [-0.1, -0.05) is 0 Å². The quantitative estimate of drug-likeness (QED) is 0.458. The monoisotopic (exact) mass is 491 g/mol. The smallest absolute Gasteiger partial charge is 0.317 e. The molecule has 1 saturated carbocycles. The summed E-state index contributed by atoms with van der Waals surface area (Å²) < 4.78 is 73.2. The van der Waals surface area contributed by atoms with E-state index in [9.17, 15) is 21.6 Å². The summed E-state index contributed by atoms with van der Waals surface area (Å²) in [5, 5.41) is 11.6. The first kappa shape index (κ1) is 22.5. The largest absolute Gasteiger partial charge is 0.416 e. The van der Waals surface area contributed by atoms with E-state index in [-0.39, 0.29) is 17.3 Å². The van der Waals surface area contributed by atoms with Gasteiger partial charge in [-0.3, -0.25) is 0 Å². The number of hydrogen-bond donors (Lipinski definition) is 1. The number of benzene rings is 1. The standard InChI is InChI=1S/C21H20F3N7O2S/c22-21(23,24)15-8-14(19-5-7-31-20(28-19)4-6-27-31)9-18(10-15)34(32,33)29-16-2-1-3-17(11-16)30-12-25-26-13-30/h4-10,12-13,16-17,29H,1-3,11H2/t16-,17+/m0/s1. The zero-order valence-corrected chi connectivity index (χ0v) is 18.5. The van der Waals surface area contributed by atoms with E-state index >= 15 is 0 Å². The summed E-state index contributed by atoms with van der Waals surface area (Å²) in [6.07, 6.45) is 4.16. The maximum absolute atomic E-state index is 13.7. The predicted molar refractivity (Wildman–Crippen MR) is 115 cm³/mol. The molecule has 34 heavy (non-hydrogen) atoms. The average Bonchev–Trinajstić information content (AvgIpc) is 3.50. The number of nitrogens with one attached hydrogen (secondary N) is 1. The lowest BCUT2D eigenvalue weighted by Gasteiger charge is -2.30. The minimum atomic E-state index is -4.73. The van der Waals surface area contributed by atoms with Gasteiger partial charge in [0.15, 0.2) is 5.65 Å². The van der Waals surface area contributed by atoms with Gasteiger partial charge in [0.2, 0.25) is 10.0 Å². The van der Waals surface area contributed by atoms with Gasteiger partial charge in [0.05, 0.1) is 22.3 Å². The van der Waals surface area contributed by atoms with Crippen LogP contribution in [-0.2, 0) is 16.2 Å². The number of aromatic nitrogens is 6. The van der Waals surface area contributed by atoms with Crippen LogP contribution in [0.25, 0.3) is 16.9 Å². The molecular weight excluding hydrogens is 471 g/mol. The summed E-state index contributed by atoms with van der Waals surface area (Å²) in [5.41, 5.74) is -0.378. The van der Waals surface area contributed by atoms with E-state index in [1.54, 1.807) is 24.9 Å². The van der Waals surface area contributed by atoms with E-state index < -0.39 is 32.7 Å². The number of fused-ring (bicyclic) bond motifs is 1. The molecule has 9 nitrogen and oxygen atoms in total. The number of hydrogen-bond acceptors (Lipinski definition) is 6. The maximum atomic E-state index is 13.7. The fourth-order valence-electron chi connectivity index (χ4n) is 4.27. The molecule has 0 bridgehead atoms. The van der Waals surface area contributed by atoms with E-state index in [1.807, 2.05) is 4.57 Å². The Kier molecular flexibility index (Phi) is 5.60. The van der Waals surface area contributed by atoms with Crippen LogP contribution in [0, 0.1) is 0 Å². The summed E-state index contributed by atoms with van der Waals surface area (Å²) in [6.45, 7) is 0. The molecule has 1 aliphatic rings. The fraction of sp³-hybridized carbons (Fsp3) is 0.333. The van der Waals surface area contributed by atoms with E-state index in [2.05, 4.69) is 25.0 Å². The van der Waals surface area contributed by atoms with E-state index in [1.165, 1.54) is 22.8 Å². The Balaban J connectivity index is 1.48. The molecule has 0 aliphatic heterocycles. The van der Waals surface area contributed by atoms with Crippen LogP contribution in [0.15, 0.2) is 60.3 Å². The van der Waals surface area contributed by atoms with Crippen molar-refractivity contribution in [2.75, 3.05) is 0 Å². The van der Waals surface area contributed by atoms with Crippen LogP contribution in [0.2, 0.25) is 0 Å². The first-order valence-electron chi connectivity index (χ1n) is 10.6. The molecule has 0 saturated heterocycles. The second-order valence-electron chi connectivity index (χ2n) is 8.24. The van der Waals surface area contributed by atoms with Crippen molar-refractivity contribution in [3.05, 3.63) is 60.9 Å². The van der Waals surface area contributed by atoms with Crippen molar-refractivity contribution in [3.8, 4) is 11.3 Å². The normalized spacial score (nSPS) is 19.5. The Morgan fingerprint density at radius 1 is 1.06 bits per heavy atom. The van der Waals surface area contributed by atoms with Gasteiger partial charge >= 0.3 is 6.18 Å². The molecule has 1 fully saturated rings. The van der Waals surface area contributed by atoms with E-state index in [4.69, 9.17) is 0 Å². The van der Waals surface area contributed by atoms with Crippen molar-refractivity contribution < 1.29 is 21.6 Å². The fourth-order valence-corrected chi connectivity index (χ4v) is 5.62. The van der Waals surface area contributed by atoms with Crippen LogP contribution in [0.3, 0.4) is 0 Å². The van der Waals surface area contributed by atoms with E-state index in [0.29, 0.717) is 24.6 Å². The Morgan fingerprint density at radius 2 is 1.85 bits per heavy atom. The number of nitrogens with zero attached hydrogens (tertiary/aromatic N) is 6. The zero-order chi connectivity index (χ0) is 23.9. The minimum Gasteiger partial charge on any atom is -0.317 e. The van der Waals surface area contributed by atoms with Crippen LogP contribution in [0.4, 0.5) is 13.2 Å². The Morgan fingerprint density at radius 3 is 2.62 bits per heavy atom. The predicted octanol–water partition coefficient (Wildman–Crippen LogP) is 3.47. The third-order valence-electron chi connectivity index (χ3n) is 5.92. The highest BCUT2D eigenvalue weighted by Crippen LogP contribution is 2.35. The number of halogens is 3. The van der Waals surface area contributed by atoms with Gasteiger partial charge in [0.1, 0.15) is 12.7 Å². The lowest BCUT2D eigenvalue weighted by Crippen LogP contribution is -2.38. The van der Waals surface area contributed by atoms with Crippen LogP contribution < -0.4 is 4.72 Å². The highest BCUT2D eigenvalue weighted by molar-refractivity contribution is 7.89. The Hall–Kier alpha value is -3.32. The summed E-state index contributed by atoms with van der Waals surface area (Å²) in [5.74, 6) is 0. The van der Waals surface area contributed by atoms with Crippen molar-refractivity contribution in [1.29, 1.82) is 0 Å². The molecule has 0 amide bonds. The van der Waals surface area contributed by atoms with Crippen molar-refractivity contribution >= 4 is 15.7 Å². The minimum absolute atomic E-state index is 0.0140. The molecule has 178 valence electrons. The maximum Gasteiger partial charge on any atom is 0.416 e. The van der Waals surface area contributed by atoms with E-state index in [0.717, 1.165) is 18.9 Å². The van der Waals surface area contributed by atoms with Crippen LogP contribution in [0.1, 0.15) is 37.3 Å². The van der Waals surface area contributed by atoms with Crippen LogP contribution >= 0.6 is 0 Å². The van der Waals surface area contributed by atoms with Crippen LogP contribution in [-0.4, -0.2) is 43.8 Å². The molecule has 0 spiro atoms. The molecule has 3 heterocycles. The molecular formula is C21H20F3N7O2S. The molecule has 1 aromatic carbocycles. The first-order chi connectivity index (χ1) is 16.2. The van der Waals surface area contributed by atoms with Gasteiger partial charge in [-0.2, -0.15) is 18.3 Å². The molecule has 0 radical (unpaired) electrons. The molecule has 13 heteroatoms. The first-order valence-corrected chi connectivity index (χ1v) is 12.1. The number of alkyl halides is 3. The highest BCUT2D eigenvalue weighted by Gasteiger charge is 2.34. The SMILES string of the molecule is O=S(=O)(N[C@H]1CCC[C@@H](n2cnnc2)C1)c1cc(-c2ccn3nccc3n2)cc(C(F)(F)F)c1. The van der Waals surface area contributed by atoms with Gasteiger partial charge in [0, 0.05) is 29.9 Å². The lowest BCUT2D eigenvalue weighted by atomic mass is 9.91. The topological polar surface area (TPSA) is 107 Å². The molecule has 4 aromatic rings. The Bertz CT molecular complexity index is 1420. The van der Waals surface area contributed by atoms with Crippen molar-refractivity contribution in [1.82, 2.24) is 34.1 Å². The molecule has 1 aliphatic carbocycles. The lowest BCUT2D eigenvalue weighted by molar-refractivity contribution is -0.137. The third-order valence-corrected chi connectivity index (χ3v) is 7.42. The van der Waals surface area contributed by atoms with Gasteiger partial charge in [-0.15, -0.1) is 10.2 Å². The highest BCUT2D eigenvalue weighted by atomic mass is 32.2. The second kappa shape index (κ2) is 8.47. The van der Waals surface area contributed by atoms with Crippen molar-refractivity contribution in [2.45, 2.75) is 48.8 Å². The summed E-state index contributed by atoms with van der Waals surface area (Å²) in [4.78, 5) is 3.85. The van der Waals surface area contributed by atoms with Gasteiger partial charge in [0.25, 0.3) is 0 Å². The molecule has 2 atom stereocenters. The number of sulfonamides is 1. The molecule has 1 N–H and O–H groups in total. The Labute approximate surface area is 192 Å². The number of rotatable bonds is 5. The zero-order valence-electron chi connectivity index (χ0n) is 17.7. The van der Waals surface area contributed by atoms with Crippen molar-refractivity contribution in [3.63, 3.8) is 0 Å². The van der Waals surface area contributed by atoms with Gasteiger partial charge in [-0.25, -0.2) is 22.6 Å². The molecule has 3 aromatic heterocycles. The molecule has 0 unspecified atom stereocenters. The van der Waals surface area contributed by atoms with Gasteiger partial charge in [-0.05, 0) is 49.9 Å². The summed E-state index contributed by atoms with van der Waals surface area (Å²) in [6, 6.07) is 5.45.